The fourth-order valence-electron chi connectivity index (χ4n) is 2.80. The summed E-state index contributed by atoms with van der Waals surface area (Å²) in [7, 11) is 1.51. The zero-order valence-electron chi connectivity index (χ0n) is 16.1. The number of aromatic nitrogens is 4. The lowest BCUT2D eigenvalue weighted by atomic mass is 10.0. The van der Waals surface area contributed by atoms with Crippen molar-refractivity contribution in [3.05, 3.63) is 40.9 Å². The predicted octanol–water partition coefficient (Wildman–Crippen LogP) is 3.95. The Morgan fingerprint density at radius 3 is 2.83 bits per heavy atom. The van der Waals surface area contributed by atoms with Crippen molar-refractivity contribution < 1.29 is 18.7 Å². The lowest BCUT2D eigenvalue weighted by Crippen LogP contribution is -2.14. The van der Waals surface area contributed by atoms with E-state index in [1.165, 1.54) is 19.5 Å². The average molecular weight is 450 g/mol. The number of carbonyl (C=O) groups excluding carboxylic acids is 1. The highest BCUT2D eigenvalue weighted by atomic mass is 35.5. The molecule has 30 heavy (non-hydrogen) atoms. The number of carbonyl (C=O) groups is 1. The van der Waals surface area contributed by atoms with Crippen molar-refractivity contribution in [1.82, 2.24) is 20.2 Å². The normalized spacial score (nSPS) is 17.5. The van der Waals surface area contributed by atoms with Gasteiger partial charge in [0.1, 0.15) is 17.1 Å². The number of aryl methyl sites for hydroxylation is 1. The van der Waals surface area contributed by atoms with E-state index in [2.05, 4.69) is 25.5 Å². The lowest BCUT2D eigenvalue weighted by molar-refractivity contribution is 0.102. The smallest absolute Gasteiger partial charge is 0.295 e. The molecule has 1 N–H and O–H groups in total. The third kappa shape index (κ3) is 4.49. The second-order valence-corrected chi connectivity index (χ2v) is 8.06. The number of nitrogens with one attached hydrogen (secondary N) is 1. The van der Waals surface area contributed by atoms with Crippen LogP contribution in [0.25, 0.3) is 11.1 Å². The van der Waals surface area contributed by atoms with Crippen LogP contribution in [-0.2, 0) is 0 Å². The molecule has 8 nitrogen and oxygen atoms in total. The van der Waals surface area contributed by atoms with Crippen molar-refractivity contribution in [2.75, 3.05) is 19.0 Å². The second kappa shape index (κ2) is 8.49. The standard InChI is InChI=1S/C19H17ClFN5O3S/c1-9-3-11(12-5-16(20)23-7-15(12)28-2)13(6-22-9)17(27)24-18-25-26-19(30-18)29-8-10-4-14(10)21/h3,5-7,10,14H,4,8H2,1-2H3,(H,24,25,27)/t10-,14+/m1/s1. The molecule has 0 aliphatic heterocycles. The molecule has 3 heterocycles. The zero-order valence-corrected chi connectivity index (χ0v) is 17.6. The van der Waals surface area contributed by atoms with Crippen LogP contribution >= 0.6 is 22.9 Å². The van der Waals surface area contributed by atoms with Crippen molar-refractivity contribution in [2.24, 2.45) is 5.92 Å². The van der Waals surface area contributed by atoms with E-state index < -0.39 is 12.1 Å². The number of amides is 1. The van der Waals surface area contributed by atoms with Crippen molar-refractivity contribution in [2.45, 2.75) is 19.5 Å². The van der Waals surface area contributed by atoms with Crippen LogP contribution in [0.2, 0.25) is 5.15 Å². The summed E-state index contributed by atoms with van der Waals surface area (Å²) in [6.45, 7) is 2.06. The Bertz CT molecular complexity index is 1100. The van der Waals surface area contributed by atoms with Crippen molar-refractivity contribution in [3.63, 3.8) is 0 Å². The summed E-state index contributed by atoms with van der Waals surface area (Å²) in [4.78, 5) is 21.2. The molecule has 1 aliphatic carbocycles. The summed E-state index contributed by atoms with van der Waals surface area (Å²) in [6, 6.07) is 3.39. The Hall–Kier alpha value is -2.85. The fourth-order valence-corrected chi connectivity index (χ4v) is 3.56. The predicted molar refractivity (Wildman–Crippen MR) is 110 cm³/mol. The molecule has 0 aromatic carbocycles. The lowest BCUT2D eigenvalue weighted by Gasteiger charge is -2.13. The van der Waals surface area contributed by atoms with E-state index in [0.29, 0.717) is 28.9 Å². The molecule has 1 aliphatic rings. The highest BCUT2D eigenvalue weighted by molar-refractivity contribution is 7.17. The van der Waals surface area contributed by atoms with Gasteiger partial charge in [0, 0.05) is 28.9 Å². The molecule has 11 heteroatoms. The van der Waals surface area contributed by atoms with Gasteiger partial charge in [-0.25, -0.2) is 9.37 Å². The molecule has 0 unspecified atom stereocenters. The largest absolute Gasteiger partial charge is 0.494 e. The van der Waals surface area contributed by atoms with Crippen LogP contribution in [0.4, 0.5) is 9.52 Å². The SMILES string of the molecule is COc1cnc(Cl)cc1-c1cc(C)ncc1C(=O)Nc1nnc(OC[C@H]2C[C@@H]2F)s1. The van der Waals surface area contributed by atoms with E-state index in [-0.39, 0.29) is 28.0 Å². The molecular weight excluding hydrogens is 433 g/mol. The topological polar surface area (TPSA) is 99.1 Å². The van der Waals surface area contributed by atoms with Gasteiger partial charge in [0.15, 0.2) is 0 Å². The van der Waals surface area contributed by atoms with Crippen LogP contribution in [0, 0.1) is 12.8 Å². The minimum Gasteiger partial charge on any atom is -0.494 e. The zero-order chi connectivity index (χ0) is 21.3. The minimum atomic E-state index is -0.803. The second-order valence-electron chi connectivity index (χ2n) is 6.73. The summed E-state index contributed by atoms with van der Waals surface area (Å²) < 4.78 is 23.7. The minimum absolute atomic E-state index is 0.0877. The molecule has 4 rings (SSSR count). The van der Waals surface area contributed by atoms with Crippen LogP contribution in [0.1, 0.15) is 22.5 Å². The molecule has 0 saturated heterocycles. The first-order valence-corrected chi connectivity index (χ1v) is 10.2. The number of nitrogens with zero attached hydrogens (tertiary/aromatic N) is 4. The van der Waals surface area contributed by atoms with Gasteiger partial charge in [-0.3, -0.25) is 15.1 Å². The monoisotopic (exact) mass is 449 g/mol. The van der Waals surface area contributed by atoms with Crippen molar-refractivity contribution in [3.8, 4) is 22.1 Å². The van der Waals surface area contributed by atoms with Gasteiger partial charge in [0.25, 0.3) is 11.1 Å². The number of methoxy groups -OCH3 is 1. The number of alkyl halides is 1. The van der Waals surface area contributed by atoms with E-state index in [4.69, 9.17) is 21.1 Å². The molecule has 0 spiro atoms. The number of ether oxygens (including phenoxy) is 2. The van der Waals surface area contributed by atoms with Gasteiger partial charge in [0.2, 0.25) is 5.13 Å². The maximum Gasteiger partial charge on any atom is 0.295 e. The average Bonchev–Trinajstić information content (AvgIpc) is 3.25. The molecule has 3 aromatic rings. The Labute approximate surface area is 180 Å². The first kappa shape index (κ1) is 20.4. The van der Waals surface area contributed by atoms with E-state index in [0.717, 1.165) is 17.0 Å². The number of pyridine rings is 2. The van der Waals surface area contributed by atoms with Gasteiger partial charge >= 0.3 is 0 Å². The third-order valence-electron chi connectivity index (χ3n) is 4.51. The molecule has 0 radical (unpaired) electrons. The van der Waals surface area contributed by atoms with Gasteiger partial charge in [-0.1, -0.05) is 16.7 Å². The first-order chi connectivity index (χ1) is 14.4. The molecule has 156 valence electrons. The Balaban J connectivity index is 1.56. The Kier molecular flexibility index (Phi) is 5.78. The van der Waals surface area contributed by atoms with E-state index in [1.54, 1.807) is 12.1 Å². The number of rotatable bonds is 7. The maximum atomic E-state index is 12.9. The van der Waals surface area contributed by atoms with Crippen LogP contribution in [-0.4, -0.2) is 46.0 Å². The number of halogens is 2. The van der Waals surface area contributed by atoms with E-state index >= 15 is 0 Å². The molecule has 3 aromatic heterocycles. The fraction of sp³-hybridized carbons (Fsp3) is 0.316. The summed E-state index contributed by atoms with van der Waals surface area (Å²) in [5.41, 5.74) is 2.22. The quantitative estimate of drug-likeness (QED) is 0.545. The highest BCUT2D eigenvalue weighted by Gasteiger charge is 2.38. The van der Waals surface area contributed by atoms with E-state index in [1.807, 2.05) is 6.92 Å². The Morgan fingerprint density at radius 1 is 1.30 bits per heavy atom. The van der Waals surface area contributed by atoms with Gasteiger partial charge < -0.3 is 9.47 Å². The van der Waals surface area contributed by atoms with Crippen LogP contribution in [0.15, 0.2) is 24.5 Å². The molecule has 0 bridgehead atoms. The van der Waals surface area contributed by atoms with Crippen molar-refractivity contribution in [1.29, 1.82) is 0 Å². The Morgan fingerprint density at radius 2 is 2.10 bits per heavy atom. The van der Waals surface area contributed by atoms with Crippen LogP contribution < -0.4 is 14.8 Å². The first-order valence-electron chi connectivity index (χ1n) is 9.03. The van der Waals surface area contributed by atoms with E-state index in [9.17, 15) is 9.18 Å². The molecular formula is C19H17ClFN5O3S. The van der Waals surface area contributed by atoms with Gasteiger partial charge in [-0.15, -0.1) is 5.10 Å². The summed E-state index contributed by atoms with van der Waals surface area (Å²) in [5, 5.41) is 11.3. The number of anilines is 1. The summed E-state index contributed by atoms with van der Waals surface area (Å²) in [5.74, 6) is -0.0478. The van der Waals surface area contributed by atoms with Gasteiger partial charge in [0.05, 0.1) is 25.5 Å². The van der Waals surface area contributed by atoms with Crippen molar-refractivity contribution >= 4 is 34.0 Å². The molecule has 2 atom stereocenters. The van der Waals surface area contributed by atoms with Gasteiger partial charge in [-0.2, -0.15) is 0 Å². The van der Waals surface area contributed by atoms with Gasteiger partial charge in [-0.05, 0) is 36.8 Å². The highest BCUT2D eigenvalue weighted by Crippen LogP contribution is 2.36. The molecule has 1 fully saturated rings. The third-order valence-corrected chi connectivity index (χ3v) is 5.47. The summed E-state index contributed by atoms with van der Waals surface area (Å²) in [6.07, 6.45) is 2.67. The van der Waals surface area contributed by atoms with Crippen LogP contribution in [0.5, 0.6) is 10.9 Å². The number of hydrogen-bond acceptors (Lipinski definition) is 8. The molecule has 1 amide bonds. The number of hydrogen-bond donors (Lipinski definition) is 1. The molecule has 1 saturated carbocycles. The maximum absolute atomic E-state index is 12.9. The summed E-state index contributed by atoms with van der Waals surface area (Å²) >= 11 is 7.12. The van der Waals surface area contributed by atoms with Crippen LogP contribution in [0.3, 0.4) is 0 Å².